The fourth-order valence-electron chi connectivity index (χ4n) is 2.43. The topological polar surface area (TPSA) is 30.5 Å². The second kappa shape index (κ2) is 7.39. The van der Waals surface area contributed by atoms with Crippen molar-refractivity contribution in [1.29, 1.82) is 0 Å². The highest BCUT2D eigenvalue weighted by Crippen LogP contribution is 2.29. The van der Waals surface area contributed by atoms with Crippen LogP contribution < -0.4 is 5.32 Å². The van der Waals surface area contributed by atoms with Gasteiger partial charge in [-0.1, -0.05) is 41.1 Å². The molecule has 1 fully saturated rings. The van der Waals surface area contributed by atoms with Crippen LogP contribution in [0, 0.1) is 0 Å². The van der Waals surface area contributed by atoms with E-state index in [0.717, 1.165) is 24.0 Å². The number of ether oxygens (including phenoxy) is 2. The van der Waals surface area contributed by atoms with Crippen LogP contribution >= 0.6 is 15.9 Å². The molecule has 0 bridgehead atoms. The van der Waals surface area contributed by atoms with Crippen molar-refractivity contribution in [2.45, 2.75) is 45.1 Å². The molecule has 0 spiro atoms. The molecule has 0 radical (unpaired) electrons. The Kier molecular flexibility index (Phi) is 5.82. The maximum Gasteiger partial charge on any atom is 0.0990 e. The van der Waals surface area contributed by atoms with Crippen LogP contribution in [-0.2, 0) is 16.1 Å². The summed E-state index contributed by atoms with van der Waals surface area (Å²) in [6.45, 7) is 6.51. The summed E-state index contributed by atoms with van der Waals surface area (Å²) in [6, 6.07) is 8.61. The Hall–Kier alpha value is -0.420. The van der Waals surface area contributed by atoms with Crippen LogP contribution in [0.3, 0.4) is 0 Å². The van der Waals surface area contributed by atoms with E-state index in [2.05, 4.69) is 34.2 Å². The lowest BCUT2D eigenvalue weighted by Crippen LogP contribution is -2.60. The van der Waals surface area contributed by atoms with Gasteiger partial charge in [-0.2, -0.15) is 0 Å². The van der Waals surface area contributed by atoms with E-state index < -0.39 is 0 Å². The van der Waals surface area contributed by atoms with Gasteiger partial charge in [-0.05, 0) is 31.5 Å². The summed E-state index contributed by atoms with van der Waals surface area (Å²) in [7, 11) is 0. The molecule has 4 heteroatoms. The van der Waals surface area contributed by atoms with Crippen LogP contribution in [0.15, 0.2) is 28.7 Å². The Morgan fingerprint density at radius 1 is 1.26 bits per heavy atom. The van der Waals surface area contributed by atoms with Crippen LogP contribution in [0.4, 0.5) is 0 Å². The minimum Gasteiger partial charge on any atom is -0.374 e. The Morgan fingerprint density at radius 3 is 2.74 bits per heavy atom. The van der Waals surface area contributed by atoms with Gasteiger partial charge in [-0.15, -0.1) is 0 Å². The van der Waals surface area contributed by atoms with Crippen molar-refractivity contribution in [3.63, 3.8) is 0 Å². The molecule has 19 heavy (non-hydrogen) atoms. The zero-order chi connectivity index (χ0) is 13.7. The van der Waals surface area contributed by atoms with Gasteiger partial charge in [0.05, 0.1) is 18.8 Å². The van der Waals surface area contributed by atoms with Crippen LogP contribution in [0.2, 0.25) is 0 Å². The Labute approximate surface area is 123 Å². The minimum atomic E-state index is 0.187. The lowest BCUT2D eigenvalue weighted by molar-refractivity contribution is -0.149. The highest BCUT2D eigenvalue weighted by Gasteiger charge is 2.42. The predicted molar refractivity (Wildman–Crippen MR) is 80.2 cm³/mol. The number of benzene rings is 1. The fraction of sp³-hybridized carbons (Fsp3) is 0.600. The van der Waals surface area contributed by atoms with Gasteiger partial charge < -0.3 is 14.8 Å². The van der Waals surface area contributed by atoms with E-state index in [4.69, 9.17) is 9.47 Å². The molecule has 0 heterocycles. The summed E-state index contributed by atoms with van der Waals surface area (Å²) in [4.78, 5) is 0. The fourth-order valence-corrected chi connectivity index (χ4v) is 2.83. The first kappa shape index (κ1) is 15.0. The zero-order valence-corrected chi connectivity index (χ0v) is 13.2. The summed E-state index contributed by atoms with van der Waals surface area (Å²) >= 11 is 3.55. The van der Waals surface area contributed by atoms with Gasteiger partial charge in [0.25, 0.3) is 0 Å². The zero-order valence-electron chi connectivity index (χ0n) is 11.6. The van der Waals surface area contributed by atoms with E-state index in [9.17, 15) is 0 Å². The van der Waals surface area contributed by atoms with Gasteiger partial charge in [0.1, 0.15) is 0 Å². The van der Waals surface area contributed by atoms with E-state index in [0.29, 0.717) is 12.6 Å². The van der Waals surface area contributed by atoms with Gasteiger partial charge in [0, 0.05) is 17.1 Å². The molecule has 0 aliphatic heterocycles. The number of likely N-dealkylation sites (N-methyl/N-ethyl adjacent to an activating group) is 1. The summed E-state index contributed by atoms with van der Waals surface area (Å²) in [6.07, 6.45) is 1.42. The number of rotatable bonds is 7. The standard InChI is InChI=1S/C15H22BrNO2/c1-3-17-13-9-14(15(13)18-4-2)19-10-11-7-5-6-8-12(11)16/h5-8,13-15,17H,3-4,9-10H2,1-2H3. The van der Waals surface area contributed by atoms with E-state index in [1.807, 2.05) is 25.1 Å². The maximum absolute atomic E-state index is 5.99. The monoisotopic (exact) mass is 327 g/mol. The maximum atomic E-state index is 5.99. The van der Waals surface area contributed by atoms with Gasteiger partial charge in [-0.3, -0.25) is 0 Å². The Balaban J connectivity index is 1.84. The molecule has 1 aliphatic carbocycles. The molecule has 106 valence electrons. The number of nitrogens with one attached hydrogen (secondary N) is 1. The number of halogens is 1. The molecule has 0 aromatic heterocycles. The molecule has 3 atom stereocenters. The summed E-state index contributed by atoms with van der Waals surface area (Å²) in [5.41, 5.74) is 1.18. The molecule has 1 aliphatic rings. The molecular weight excluding hydrogens is 306 g/mol. The Bertz CT molecular complexity index is 399. The van der Waals surface area contributed by atoms with E-state index in [1.165, 1.54) is 5.56 Å². The van der Waals surface area contributed by atoms with Crippen LogP contribution in [-0.4, -0.2) is 31.4 Å². The second-order valence-electron chi connectivity index (χ2n) is 4.76. The number of hydrogen-bond donors (Lipinski definition) is 1. The third-order valence-corrected chi connectivity index (χ3v) is 4.26. The summed E-state index contributed by atoms with van der Waals surface area (Å²) < 4.78 is 12.9. The van der Waals surface area contributed by atoms with Gasteiger partial charge in [0.15, 0.2) is 0 Å². The molecule has 1 N–H and O–H groups in total. The van der Waals surface area contributed by atoms with Gasteiger partial charge >= 0.3 is 0 Å². The van der Waals surface area contributed by atoms with Crippen molar-refractivity contribution in [2.75, 3.05) is 13.2 Å². The second-order valence-corrected chi connectivity index (χ2v) is 5.62. The molecule has 1 aromatic rings. The first-order valence-electron chi connectivity index (χ1n) is 6.96. The molecule has 0 amide bonds. The normalized spacial score (nSPS) is 26.2. The molecular formula is C15H22BrNO2. The molecule has 3 nitrogen and oxygen atoms in total. The highest BCUT2D eigenvalue weighted by molar-refractivity contribution is 9.10. The SMILES string of the molecule is CCNC1CC(OCc2ccccc2Br)C1OCC. The van der Waals surface area contributed by atoms with E-state index >= 15 is 0 Å². The molecule has 0 saturated heterocycles. The minimum absolute atomic E-state index is 0.187. The molecule has 1 aromatic carbocycles. The average Bonchev–Trinajstić information content (AvgIpc) is 2.41. The van der Waals surface area contributed by atoms with Crippen molar-refractivity contribution in [1.82, 2.24) is 5.32 Å². The third kappa shape index (κ3) is 3.78. The van der Waals surface area contributed by atoms with Crippen molar-refractivity contribution < 1.29 is 9.47 Å². The first-order chi connectivity index (χ1) is 9.26. The van der Waals surface area contributed by atoms with Crippen molar-refractivity contribution in [3.05, 3.63) is 34.3 Å². The van der Waals surface area contributed by atoms with Crippen molar-refractivity contribution in [2.24, 2.45) is 0 Å². The predicted octanol–water partition coefficient (Wildman–Crippen LogP) is 3.12. The molecule has 1 saturated carbocycles. The number of hydrogen-bond acceptors (Lipinski definition) is 3. The molecule has 2 rings (SSSR count). The van der Waals surface area contributed by atoms with Gasteiger partial charge in [-0.25, -0.2) is 0 Å². The average molecular weight is 328 g/mol. The van der Waals surface area contributed by atoms with E-state index in [-0.39, 0.29) is 12.2 Å². The van der Waals surface area contributed by atoms with Crippen LogP contribution in [0.1, 0.15) is 25.8 Å². The summed E-state index contributed by atoms with van der Waals surface area (Å²) in [5.74, 6) is 0. The van der Waals surface area contributed by atoms with E-state index in [1.54, 1.807) is 0 Å². The van der Waals surface area contributed by atoms with Gasteiger partial charge in [0.2, 0.25) is 0 Å². The largest absolute Gasteiger partial charge is 0.374 e. The van der Waals surface area contributed by atoms with Crippen molar-refractivity contribution >= 4 is 15.9 Å². The molecule has 3 unspecified atom stereocenters. The summed E-state index contributed by atoms with van der Waals surface area (Å²) in [5, 5.41) is 3.44. The van der Waals surface area contributed by atoms with Crippen molar-refractivity contribution in [3.8, 4) is 0 Å². The lowest BCUT2D eigenvalue weighted by atomic mass is 9.85. The third-order valence-electron chi connectivity index (χ3n) is 3.49. The lowest BCUT2D eigenvalue weighted by Gasteiger charge is -2.44. The quantitative estimate of drug-likeness (QED) is 0.834. The van der Waals surface area contributed by atoms with Crippen LogP contribution in [0.5, 0.6) is 0 Å². The highest BCUT2D eigenvalue weighted by atomic mass is 79.9. The smallest absolute Gasteiger partial charge is 0.0990 e. The van der Waals surface area contributed by atoms with Crippen LogP contribution in [0.25, 0.3) is 0 Å². The first-order valence-corrected chi connectivity index (χ1v) is 7.75. The Morgan fingerprint density at radius 2 is 2.05 bits per heavy atom.